The van der Waals surface area contributed by atoms with Gasteiger partial charge in [0.25, 0.3) is 0 Å². The zero-order valence-electron chi connectivity index (χ0n) is 16.0. The van der Waals surface area contributed by atoms with Gasteiger partial charge in [-0.1, -0.05) is 61.4 Å². The molecule has 0 spiro atoms. The van der Waals surface area contributed by atoms with Crippen molar-refractivity contribution in [3.8, 4) is 0 Å². The average Bonchev–Trinajstić information content (AvgIpc) is 2.62. The van der Waals surface area contributed by atoms with E-state index in [1.165, 1.54) is 27.8 Å². The number of amides is 2. The minimum Gasteiger partial charge on any atom is -0.352 e. The minimum atomic E-state index is -0.480. The number of nitrogens with zero attached hydrogens (tertiary/aromatic N) is 1. The smallest absolute Gasteiger partial charge is 0.313 e. The fraction of sp³-hybridized carbons (Fsp3) is 0.409. The lowest BCUT2D eigenvalue weighted by molar-refractivity contribution is 0.180. The highest BCUT2D eigenvalue weighted by atomic mass is 16.2. The van der Waals surface area contributed by atoms with Gasteiger partial charge in [0.05, 0.1) is 0 Å². The predicted octanol–water partition coefficient (Wildman–Crippen LogP) is 4.08. The summed E-state index contributed by atoms with van der Waals surface area (Å²) in [4.78, 5) is 13.8. The second-order valence-corrected chi connectivity index (χ2v) is 7.34. The first-order valence-corrected chi connectivity index (χ1v) is 9.45. The summed E-state index contributed by atoms with van der Waals surface area (Å²) in [5.41, 5.74) is 11.9. The maximum atomic E-state index is 11.6. The molecule has 2 aromatic carbocycles. The van der Waals surface area contributed by atoms with Crippen LogP contribution in [0.2, 0.25) is 0 Å². The van der Waals surface area contributed by atoms with Crippen LogP contribution in [0.5, 0.6) is 0 Å². The Balaban J connectivity index is 2.09. The average molecular weight is 351 g/mol. The number of urea groups is 1. The van der Waals surface area contributed by atoms with Crippen LogP contribution in [0.25, 0.3) is 0 Å². The summed E-state index contributed by atoms with van der Waals surface area (Å²) < 4.78 is 0. The zero-order chi connectivity index (χ0) is 18.7. The molecule has 2 amide bonds. The number of carbonyl (C=O) groups is 1. The van der Waals surface area contributed by atoms with Crippen molar-refractivity contribution in [2.24, 2.45) is 5.73 Å². The molecule has 2 aromatic rings. The van der Waals surface area contributed by atoms with E-state index in [2.05, 4.69) is 73.6 Å². The van der Waals surface area contributed by atoms with Gasteiger partial charge in [-0.15, -0.1) is 0 Å². The molecule has 0 bridgehead atoms. The van der Waals surface area contributed by atoms with E-state index in [9.17, 15) is 4.79 Å². The van der Waals surface area contributed by atoms with Crippen molar-refractivity contribution >= 4 is 6.03 Å². The predicted molar refractivity (Wildman–Crippen MR) is 106 cm³/mol. The molecule has 0 radical (unpaired) electrons. The van der Waals surface area contributed by atoms with Gasteiger partial charge in [-0.2, -0.15) is 0 Å². The van der Waals surface area contributed by atoms with Crippen LogP contribution >= 0.6 is 0 Å². The molecule has 4 heteroatoms. The van der Waals surface area contributed by atoms with Gasteiger partial charge in [0, 0.05) is 12.5 Å². The number of nitrogens with two attached hydrogens (primary N) is 1. The van der Waals surface area contributed by atoms with E-state index in [1.807, 2.05) is 0 Å². The summed E-state index contributed by atoms with van der Waals surface area (Å²) >= 11 is 0. The number of unbranched alkanes of at least 4 members (excludes halogenated alkanes) is 1. The molecule has 0 saturated carbocycles. The number of benzene rings is 2. The highest BCUT2D eigenvalue weighted by molar-refractivity contribution is 5.72. The summed E-state index contributed by atoms with van der Waals surface area (Å²) in [6.45, 7) is 5.16. The maximum Gasteiger partial charge on any atom is 0.313 e. The van der Waals surface area contributed by atoms with E-state index in [-0.39, 0.29) is 6.17 Å². The van der Waals surface area contributed by atoms with Crippen LogP contribution < -0.4 is 11.1 Å². The van der Waals surface area contributed by atoms with Crippen molar-refractivity contribution in [1.29, 1.82) is 0 Å². The molecule has 3 rings (SSSR count). The lowest BCUT2D eigenvalue weighted by atomic mass is 9.80. The quantitative estimate of drug-likeness (QED) is 0.853. The molecule has 1 aliphatic rings. The Morgan fingerprint density at radius 3 is 2.62 bits per heavy atom. The van der Waals surface area contributed by atoms with Crippen molar-refractivity contribution in [2.75, 3.05) is 13.6 Å². The third-order valence-corrected chi connectivity index (χ3v) is 5.35. The van der Waals surface area contributed by atoms with Gasteiger partial charge in [-0.25, -0.2) is 4.79 Å². The lowest BCUT2D eigenvalue weighted by Crippen LogP contribution is -2.47. The van der Waals surface area contributed by atoms with Crippen LogP contribution in [0.3, 0.4) is 0 Å². The van der Waals surface area contributed by atoms with Gasteiger partial charge in [0.2, 0.25) is 0 Å². The molecule has 2 unspecified atom stereocenters. The second-order valence-electron chi connectivity index (χ2n) is 7.34. The zero-order valence-corrected chi connectivity index (χ0v) is 16.0. The Morgan fingerprint density at radius 1 is 1.23 bits per heavy atom. The molecular weight excluding hydrogens is 322 g/mol. The van der Waals surface area contributed by atoms with Crippen LogP contribution in [0, 0.1) is 6.92 Å². The molecule has 4 nitrogen and oxygen atoms in total. The summed E-state index contributed by atoms with van der Waals surface area (Å²) in [5.74, 6) is 0.295. The Morgan fingerprint density at radius 2 is 1.96 bits per heavy atom. The first kappa shape index (κ1) is 18.5. The normalized spacial score (nSPS) is 19.8. The Bertz CT molecular complexity index is 769. The van der Waals surface area contributed by atoms with Crippen molar-refractivity contribution in [2.45, 2.75) is 45.2 Å². The van der Waals surface area contributed by atoms with Gasteiger partial charge < -0.3 is 11.1 Å². The van der Waals surface area contributed by atoms with E-state index in [4.69, 9.17) is 5.73 Å². The number of nitrogens with one attached hydrogen (secondary N) is 1. The summed E-state index contributed by atoms with van der Waals surface area (Å²) in [6, 6.07) is 14.8. The molecule has 2 atom stereocenters. The standard InChI is InChI=1S/C22H29N3O/c1-4-5-7-17-8-6-9-18-19(16-12-10-15(2)11-13-16)14-25(3)21(20(17)18)24-22(23)26/h6,8-13,19,21H,4-5,7,14H2,1-3H3,(H3,23,24,26). The number of rotatable bonds is 5. The van der Waals surface area contributed by atoms with Gasteiger partial charge in [-0.05, 0) is 49.1 Å². The highest BCUT2D eigenvalue weighted by Gasteiger charge is 2.34. The molecule has 26 heavy (non-hydrogen) atoms. The molecule has 0 saturated heterocycles. The van der Waals surface area contributed by atoms with E-state index in [0.717, 1.165) is 25.8 Å². The number of likely N-dealkylation sites (N-methyl/N-ethyl adjacent to an activating group) is 1. The number of carbonyl (C=O) groups excluding carboxylic acids is 1. The summed E-state index contributed by atoms with van der Waals surface area (Å²) in [7, 11) is 2.06. The molecule has 0 fully saturated rings. The molecule has 1 heterocycles. The Labute approximate surface area is 156 Å². The Hall–Kier alpha value is -2.33. The van der Waals surface area contributed by atoms with Gasteiger partial charge in [0.15, 0.2) is 0 Å². The number of fused-ring (bicyclic) bond motifs is 1. The molecule has 0 aliphatic carbocycles. The van der Waals surface area contributed by atoms with E-state index < -0.39 is 6.03 Å². The SMILES string of the molecule is CCCCc1cccc2c1C(NC(N)=O)N(C)CC2c1ccc(C)cc1. The number of primary amides is 1. The van der Waals surface area contributed by atoms with Gasteiger partial charge in [0.1, 0.15) is 6.17 Å². The van der Waals surface area contributed by atoms with E-state index in [1.54, 1.807) is 0 Å². The van der Waals surface area contributed by atoms with Crippen LogP contribution in [-0.2, 0) is 6.42 Å². The van der Waals surface area contributed by atoms with E-state index >= 15 is 0 Å². The highest BCUT2D eigenvalue weighted by Crippen LogP contribution is 2.39. The van der Waals surface area contributed by atoms with Gasteiger partial charge >= 0.3 is 6.03 Å². The third-order valence-electron chi connectivity index (χ3n) is 5.35. The van der Waals surface area contributed by atoms with Crippen molar-refractivity contribution in [3.63, 3.8) is 0 Å². The molecule has 0 aromatic heterocycles. The van der Waals surface area contributed by atoms with Crippen LogP contribution in [0.15, 0.2) is 42.5 Å². The van der Waals surface area contributed by atoms with Gasteiger partial charge in [-0.3, -0.25) is 4.90 Å². The summed E-state index contributed by atoms with van der Waals surface area (Å²) in [5, 5.41) is 2.95. The molecule has 3 N–H and O–H groups in total. The first-order valence-electron chi connectivity index (χ1n) is 9.45. The van der Waals surface area contributed by atoms with Crippen molar-refractivity contribution in [1.82, 2.24) is 10.2 Å². The maximum absolute atomic E-state index is 11.6. The fourth-order valence-electron chi connectivity index (χ4n) is 3.97. The van der Waals surface area contributed by atoms with Crippen molar-refractivity contribution in [3.05, 3.63) is 70.3 Å². The second kappa shape index (κ2) is 7.92. The number of hydrogen-bond acceptors (Lipinski definition) is 2. The molecular formula is C22H29N3O. The summed E-state index contributed by atoms with van der Waals surface area (Å²) in [6.07, 6.45) is 3.13. The Kier molecular flexibility index (Phi) is 5.62. The van der Waals surface area contributed by atoms with Crippen LogP contribution in [-0.4, -0.2) is 24.5 Å². The lowest BCUT2D eigenvalue weighted by Gasteiger charge is -2.40. The van der Waals surface area contributed by atoms with Crippen LogP contribution in [0.4, 0.5) is 4.79 Å². The molecule has 138 valence electrons. The first-order chi connectivity index (χ1) is 12.5. The number of aryl methyl sites for hydroxylation is 2. The largest absolute Gasteiger partial charge is 0.352 e. The fourth-order valence-corrected chi connectivity index (χ4v) is 3.97. The molecule has 1 aliphatic heterocycles. The minimum absolute atomic E-state index is 0.169. The van der Waals surface area contributed by atoms with Crippen LogP contribution in [0.1, 0.15) is 59.7 Å². The monoisotopic (exact) mass is 351 g/mol. The topological polar surface area (TPSA) is 58.4 Å². The van der Waals surface area contributed by atoms with E-state index in [0.29, 0.717) is 5.92 Å². The third kappa shape index (κ3) is 3.75. The number of hydrogen-bond donors (Lipinski definition) is 2. The van der Waals surface area contributed by atoms with Crippen molar-refractivity contribution < 1.29 is 4.79 Å².